The van der Waals surface area contributed by atoms with E-state index in [4.69, 9.17) is 0 Å². The molecule has 1 fully saturated rings. The van der Waals surface area contributed by atoms with Crippen LogP contribution in [-0.2, 0) is 28.9 Å². The zero-order chi connectivity index (χ0) is 27.1. The van der Waals surface area contributed by atoms with Crippen LogP contribution >= 0.6 is 0 Å². The van der Waals surface area contributed by atoms with Crippen LogP contribution < -0.4 is 16.0 Å². The molecule has 39 heavy (non-hydrogen) atoms. The summed E-state index contributed by atoms with van der Waals surface area (Å²) < 4.78 is 0. The van der Waals surface area contributed by atoms with Gasteiger partial charge in [-0.25, -0.2) is 0 Å². The predicted molar refractivity (Wildman–Crippen MR) is 152 cm³/mol. The van der Waals surface area contributed by atoms with E-state index in [9.17, 15) is 14.4 Å². The predicted octanol–water partition coefficient (Wildman–Crippen LogP) is 4.52. The van der Waals surface area contributed by atoms with E-state index in [1.807, 2.05) is 66.7 Å². The number of fused-ring (bicyclic) bond motifs is 1. The first-order chi connectivity index (χ1) is 19.0. The minimum atomic E-state index is -1.17. The van der Waals surface area contributed by atoms with Crippen LogP contribution in [0.1, 0.15) is 65.6 Å². The second kappa shape index (κ2) is 12.3. The molecule has 5 rings (SSSR count). The van der Waals surface area contributed by atoms with Gasteiger partial charge in [0.2, 0.25) is 11.8 Å². The van der Waals surface area contributed by atoms with E-state index >= 15 is 0 Å². The third-order valence-corrected chi connectivity index (χ3v) is 8.11. The van der Waals surface area contributed by atoms with Crippen molar-refractivity contribution in [1.82, 2.24) is 16.0 Å². The molecule has 3 amide bonds. The SMILES string of the molecule is O=C(N[C@@]1(C(=O)N[C@@H](Cc2ccccc2)C(=O)NC2CCCCC2)CCc2ccccc2C1)c1ccccc1. The van der Waals surface area contributed by atoms with Gasteiger partial charge in [0.1, 0.15) is 11.6 Å². The minimum absolute atomic E-state index is 0.134. The fourth-order valence-electron chi connectivity index (χ4n) is 5.88. The first-order valence-corrected chi connectivity index (χ1v) is 14.1. The Kier molecular flexibility index (Phi) is 8.40. The van der Waals surface area contributed by atoms with E-state index < -0.39 is 11.6 Å². The highest BCUT2D eigenvalue weighted by Crippen LogP contribution is 2.30. The molecule has 3 N–H and O–H groups in total. The molecule has 0 heterocycles. The van der Waals surface area contributed by atoms with Crippen molar-refractivity contribution in [2.45, 2.75) is 75.4 Å². The van der Waals surface area contributed by atoms with Gasteiger partial charge in [0.05, 0.1) is 0 Å². The summed E-state index contributed by atoms with van der Waals surface area (Å²) in [4.78, 5) is 41.1. The molecule has 0 radical (unpaired) electrons. The number of carbonyl (C=O) groups excluding carboxylic acids is 3. The van der Waals surface area contributed by atoms with Crippen LogP contribution in [0.2, 0.25) is 0 Å². The Morgan fingerprint density at radius 3 is 2.15 bits per heavy atom. The van der Waals surface area contributed by atoms with Gasteiger partial charge < -0.3 is 16.0 Å². The summed E-state index contributed by atoms with van der Waals surface area (Å²) in [6.45, 7) is 0. The lowest BCUT2D eigenvalue weighted by Crippen LogP contribution is -2.64. The number of nitrogens with one attached hydrogen (secondary N) is 3. The Balaban J connectivity index is 1.41. The average molecular weight is 524 g/mol. The third kappa shape index (κ3) is 6.56. The third-order valence-electron chi connectivity index (χ3n) is 8.11. The lowest BCUT2D eigenvalue weighted by atomic mass is 9.76. The smallest absolute Gasteiger partial charge is 0.252 e. The topological polar surface area (TPSA) is 87.3 Å². The molecule has 2 aliphatic carbocycles. The molecule has 1 saturated carbocycles. The Hall–Kier alpha value is -3.93. The zero-order valence-electron chi connectivity index (χ0n) is 22.3. The van der Waals surface area contributed by atoms with Crippen LogP contribution in [0.15, 0.2) is 84.9 Å². The Bertz CT molecular complexity index is 1290. The van der Waals surface area contributed by atoms with Gasteiger partial charge in [-0.3, -0.25) is 14.4 Å². The number of rotatable bonds is 8. The highest BCUT2D eigenvalue weighted by atomic mass is 16.2. The van der Waals surface area contributed by atoms with Crippen LogP contribution in [-0.4, -0.2) is 35.3 Å². The second-order valence-corrected chi connectivity index (χ2v) is 10.9. The van der Waals surface area contributed by atoms with Gasteiger partial charge in [0, 0.05) is 24.4 Å². The van der Waals surface area contributed by atoms with Crippen molar-refractivity contribution in [3.8, 4) is 0 Å². The van der Waals surface area contributed by atoms with Gasteiger partial charge in [0.25, 0.3) is 5.91 Å². The molecule has 0 aromatic heterocycles. The van der Waals surface area contributed by atoms with Crippen LogP contribution in [0.25, 0.3) is 0 Å². The van der Waals surface area contributed by atoms with Crippen LogP contribution in [0.3, 0.4) is 0 Å². The highest BCUT2D eigenvalue weighted by molar-refractivity contribution is 6.00. The molecule has 2 aliphatic rings. The van der Waals surface area contributed by atoms with Crippen molar-refractivity contribution in [2.24, 2.45) is 0 Å². The minimum Gasteiger partial charge on any atom is -0.352 e. The highest BCUT2D eigenvalue weighted by Gasteiger charge is 2.44. The Morgan fingerprint density at radius 1 is 0.795 bits per heavy atom. The van der Waals surface area contributed by atoms with Crippen LogP contribution in [0, 0.1) is 0 Å². The molecule has 0 spiro atoms. The molecule has 3 aromatic rings. The maximum absolute atomic E-state index is 14.2. The summed E-state index contributed by atoms with van der Waals surface area (Å²) in [5.41, 5.74) is 2.53. The van der Waals surface area contributed by atoms with Gasteiger partial charge in [-0.05, 0) is 54.5 Å². The number of benzene rings is 3. The number of amides is 3. The molecule has 2 atom stereocenters. The van der Waals surface area contributed by atoms with Crippen LogP contribution in [0.5, 0.6) is 0 Å². The Morgan fingerprint density at radius 2 is 1.44 bits per heavy atom. The van der Waals surface area contributed by atoms with Crippen molar-refractivity contribution in [3.05, 3.63) is 107 Å². The lowest BCUT2D eigenvalue weighted by molar-refractivity contribution is -0.133. The standard InChI is InChI=1S/C33H37N3O3/c37-30(26-15-6-2-7-16-26)36-33(21-20-25-14-10-11-17-27(25)23-33)32(39)35-29(22-24-12-4-1-5-13-24)31(38)34-28-18-8-3-9-19-28/h1-2,4-7,10-17,28-29H,3,8-9,18-23H2,(H,34,38)(H,35,39)(H,36,37)/t29-,33-/m0/s1. The first-order valence-electron chi connectivity index (χ1n) is 14.1. The molecule has 6 heteroatoms. The van der Waals surface area contributed by atoms with Gasteiger partial charge in [-0.1, -0.05) is 92.1 Å². The second-order valence-electron chi connectivity index (χ2n) is 10.9. The van der Waals surface area contributed by atoms with Gasteiger partial charge in [-0.2, -0.15) is 0 Å². The summed E-state index contributed by atoms with van der Waals surface area (Å²) in [6.07, 6.45) is 7.20. The number of carbonyl (C=O) groups is 3. The quantitative estimate of drug-likeness (QED) is 0.406. The number of aryl methyl sites for hydroxylation is 1. The fraction of sp³-hybridized carbons (Fsp3) is 0.364. The van der Waals surface area contributed by atoms with Crippen molar-refractivity contribution < 1.29 is 14.4 Å². The van der Waals surface area contributed by atoms with Crippen molar-refractivity contribution >= 4 is 17.7 Å². The maximum Gasteiger partial charge on any atom is 0.252 e. The Labute approximate surface area is 230 Å². The molecule has 0 unspecified atom stereocenters. The average Bonchev–Trinajstić information content (AvgIpc) is 2.98. The molecular weight excluding hydrogens is 486 g/mol. The van der Waals surface area contributed by atoms with Crippen molar-refractivity contribution in [2.75, 3.05) is 0 Å². The first kappa shape index (κ1) is 26.7. The summed E-state index contributed by atoms with van der Waals surface area (Å²) in [7, 11) is 0. The van der Waals surface area contributed by atoms with Gasteiger partial charge in [0.15, 0.2) is 0 Å². The molecule has 0 aliphatic heterocycles. The summed E-state index contributed by atoms with van der Waals surface area (Å²) in [6, 6.07) is 26.2. The summed E-state index contributed by atoms with van der Waals surface area (Å²) >= 11 is 0. The number of hydrogen-bond acceptors (Lipinski definition) is 3. The largest absolute Gasteiger partial charge is 0.352 e. The monoisotopic (exact) mass is 523 g/mol. The molecule has 0 saturated heterocycles. The van der Waals surface area contributed by atoms with E-state index in [1.54, 1.807) is 12.1 Å². The molecule has 3 aromatic carbocycles. The fourth-order valence-corrected chi connectivity index (χ4v) is 5.88. The summed E-state index contributed by atoms with van der Waals surface area (Å²) in [5.74, 6) is -0.780. The zero-order valence-corrected chi connectivity index (χ0v) is 22.3. The van der Waals surface area contributed by atoms with E-state index in [1.165, 1.54) is 12.0 Å². The van der Waals surface area contributed by atoms with Gasteiger partial charge >= 0.3 is 0 Å². The summed E-state index contributed by atoms with van der Waals surface area (Å²) in [5, 5.41) is 9.38. The van der Waals surface area contributed by atoms with Crippen molar-refractivity contribution in [1.29, 1.82) is 0 Å². The van der Waals surface area contributed by atoms with E-state index in [2.05, 4.69) is 22.0 Å². The molecular formula is C33H37N3O3. The van der Waals surface area contributed by atoms with E-state index in [0.29, 0.717) is 31.2 Å². The van der Waals surface area contributed by atoms with E-state index in [0.717, 1.165) is 36.8 Å². The maximum atomic E-state index is 14.2. The van der Waals surface area contributed by atoms with Gasteiger partial charge in [-0.15, -0.1) is 0 Å². The molecule has 0 bridgehead atoms. The van der Waals surface area contributed by atoms with Crippen molar-refractivity contribution in [3.63, 3.8) is 0 Å². The number of hydrogen-bond donors (Lipinski definition) is 3. The molecule has 6 nitrogen and oxygen atoms in total. The normalized spacial score (nSPS) is 19.8. The van der Waals surface area contributed by atoms with E-state index in [-0.39, 0.29) is 23.8 Å². The van der Waals surface area contributed by atoms with Crippen LogP contribution in [0.4, 0.5) is 0 Å². The molecule has 202 valence electrons. The lowest BCUT2D eigenvalue weighted by Gasteiger charge is -2.38.